The Labute approximate surface area is 43.0 Å². The number of nitrogens with one attached hydrogen (secondary N) is 1. The molecule has 3 heteroatoms. The number of hydrogen-bond acceptors (Lipinski definition) is 2. The first-order valence-corrected chi connectivity index (χ1v) is 2.16. The predicted octanol–water partition coefficient (Wildman–Crippen LogP) is 1.06. The normalized spacial score (nSPS) is 10.7. The van der Waals surface area contributed by atoms with Gasteiger partial charge in [0.2, 0.25) is 0 Å². The topological polar surface area (TPSA) is 41.5 Å². The summed E-state index contributed by atoms with van der Waals surface area (Å²) in [6.45, 7) is 5.61. The molecule has 0 aliphatic heterocycles. The maximum atomic E-state index is 9.46. The zero-order valence-corrected chi connectivity index (χ0v) is 4.86. The van der Waals surface area contributed by atoms with Crippen molar-refractivity contribution in [1.29, 1.82) is 0 Å². The third-order valence-electron chi connectivity index (χ3n) is 0.381. The van der Waals surface area contributed by atoms with Crippen LogP contribution in [0.25, 0.3) is 0 Å². The van der Waals surface area contributed by atoms with Gasteiger partial charge in [-0.3, -0.25) is 5.43 Å². The van der Waals surface area contributed by atoms with Crippen LogP contribution in [0.3, 0.4) is 0 Å². The lowest BCUT2D eigenvalue weighted by Crippen LogP contribution is -2.30. The zero-order valence-electron chi connectivity index (χ0n) is 4.86. The summed E-state index contributed by atoms with van der Waals surface area (Å²) in [5.74, 6) is 0. The molecule has 3 nitrogen and oxygen atoms in total. The standard InChI is InChI=1S/C4H10N2O/c1-4(2,3)5-6-7/h1-3H3,(H,5,7). The van der Waals surface area contributed by atoms with E-state index in [0.717, 1.165) is 0 Å². The summed E-state index contributed by atoms with van der Waals surface area (Å²) in [6, 6.07) is 0. The second kappa shape index (κ2) is 1.91. The van der Waals surface area contributed by atoms with Crippen molar-refractivity contribution in [3.05, 3.63) is 4.91 Å². The Morgan fingerprint density at radius 3 is 1.86 bits per heavy atom. The van der Waals surface area contributed by atoms with Crippen molar-refractivity contribution in [2.24, 2.45) is 5.29 Å². The van der Waals surface area contributed by atoms with Crippen molar-refractivity contribution in [2.45, 2.75) is 26.3 Å². The molecule has 0 rings (SSSR count). The van der Waals surface area contributed by atoms with Crippen LogP contribution in [0.5, 0.6) is 0 Å². The van der Waals surface area contributed by atoms with E-state index in [0.29, 0.717) is 0 Å². The van der Waals surface area contributed by atoms with Gasteiger partial charge in [-0.2, -0.15) is 0 Å². The molecule has 0 bridgehead atoms. The van der Waals surface area contributed by atoms with Crippen LogP contribution < -0.4 is 5.43 Å². The minimum absolute atomic E-state index is 0.179. The summed E-state index contributed by atoms with van der Waals surface area (Å²) in [7, 11) is 0. The highest BCUT2D eigenvalue weighted by atomic mass is 16.3. The van der Waals surface area contributed by atoms with Crippen LogP contribution >= 0.6 is 0 Å². The molecule has 0 fully saturated rings. The van der Waals surface area contributed by atoms with Gasteiger partial charge in [0.25, 0.3) is 0 Å². The highest BCUT2D eigenvalue weighted by molar-refractivity contribution is 4.65. The van der Waals surface area contributed by atoms with Gasteiger partial charge in [-0.05, 0) is 20.8 Å². The monoisotopic (exact) mass is 102 g/mol. The van der Waals surface area contributed by atoms with Crippen molar-refractivity contribution in [2.75, 3.05) is 0 Å². The fourth-order valence-corrected chi connectivity index (χ4v) is 0.137. The van der Waals surface area contributed by atoms with E-state index in [1.54, 1.807) is 0 Å². The van der Waals surface area contributed by atoms with Gasteiger partial charge < -0.3 is 0 Å². The summed E-state index contributed by atoms with van der Waals surface area (Å²) >= 11 is 0. The summed E-state index contributed by atoms with van der Waals surface area (Å²) in [6.07, 6.45) is 0. The molecule has 0 saturated heterocycles. The number of nitroso groups, excluding NO2 is 1. The van der Waals surface area contributed by atoms with Crippen LogP contribution in [0, 0.1) is 4.91 Å². The summed E-state index contributed by atoms with van der Waals surface area (Å²) in [5, 5.41) is 2.51. The van der Waals surface area contributed by atoms with Crippen molar-refractivity contribution in [3.63, 3.8) is 0 Å². The first-order chi connectivity index (χ1) is 3.06. The van der Waals surface area contributed by atoms with Crippen LogP contribution in [-0.4, -0.2) is 5.54 Å². The Balaban J connectivity index is 3.34. The molecule has 7 heavy (non-hydrogen) atoms. The molecule has 0 unspecified atom stereocenters. The van der Waals surface area contributed by atoms with Gasteiger partial charge >= 0.3 is 0 Å². The van der Waals surface area contributed by atoms with Crippen LogP contribution in [0.4, 0.5) is 0 Å². The molecule has 0 aliphatic rings. The van der Waals surface area contributed by atoms with Gasteiger partial charge in [0, 0.05) is 5.54 Å². The molecule has 0 aromatic rings. The first-order valence-electron chi connectivity index (χ1n) is 2.16. The Hall–Kier alpha value is -0.600. The Bertz CT molecular complexity index is 64.6. The molecule has 1 N–H and O–H groups in total. The molecule has 0 heterocycles. The second-order valence-electron chi connectivity index (χ2n) is 2.45. The van der Waals surface area contributed by atoms with Gasteiger partial charge in [-0.1, -0.05) is 0 Å². The van der Waals surface area contributed by atoms with Crippen LogP contribution in [0.15, 0.2) is 5.29 Å². The van der Waals surface area contributed by atoms with Gasteiger partial charge in [0.1, 0.15) is 0 Å². The Morgan fingerprint density at radius 2 is 1.86 bits per heavy atom. The average Bonchev–Trinajstić information content (AvgIpc) is 1.30. The largest absolute Gasteiger partial charge is 0.269 e. The molecule has 0 spiro atoms. The van der Waals surface area contributed by atoms with Gasteiger partial charge in [-0.25, -0.2) is 0 Å². The van der Waals surface area contributed by atoms with E-state index in [9.17, 15) is 4.91 Å². The molecule has 0 aromatic carbocycles. The Kier molecular flexibility index (Phi) is 1.75. The predicted molar refractivity (Wildman–Crippen MR) is 28.7 cm³/mol. The maximum absolute atomic E-state index is 9.46. The third kappa shape index (κ3) is 5.40. The first kappa shape index (κ1) is 6.40. The van der Waals surface area contributed by atoms with E-state index in [1.807, 2.05) is 20.8 Å². The summed E-state index contributed by atoms with van der Waals surface area (Å²) in [5.41, 5.74) is 2.18. The lowest BCUT2D eigenvalue weighted by molar-refractivity contribution is 0.438. The molecule has 0 saturated carbocycles. The molecule has 0 amide bonds. The van der Waals surface area contributed by atoms with E-state index < -0.39 is 0 Å². The Morgan fingerprint density at radius 1 is 1.43 bits per heavy atom. The lowest BCUT2D eigenvalue weighted by Gasteiger charge is -2.13. The molecule has 0 radical (unpaired) electrons. The smallest absolute Gasteiger partial charge is 0.0501 e. The van der Waals surface area contributed by atoms with E-state index >= 15 is 0 Å². The number of nitrogens with zero attached hydrogens (tertiary/aromatic N) is 1. The van der Waals surface area contributed by atoms with E-state index in [4.69, 9.17) is 0 Å². The third-order valence-corrected chi connectivity index (χ3v) is 0.381. The highest BCUT2D eigenvalue weighted by Crippen LogP contribution is 1.96. The summed E-state index contributed by atoms with van der Waals surface area (Å²) < 4.78 is 0. The molecular formula is C4H10N2O. The maximum Gasteiger partial charge on any atom is 0.0501 e. The lowest BCUT2D eigenvalue weighted by atomic mass is 10.1. The van der Waals surface area contributed by atoms with Gasteiger partial charge in [0.05, 0.1) is 5.29 Å². The van der Waals surface area contributed by atoms with Crippen LogP contribution in [0.2, 0.25) is 0 Å². The second-order valence-corrected chi connectivity index (χ2v) is 2.45. The molecule has 0 aromatic heterocycles. The quantitative estimate of drug-likeness (QED) is 0.397. The van der Waals surface area contributed by atoms with Crippen LogP contribution in [0.1, 0.15) is 20.8 Å². The highest BCUT2D eigenvalue weighted by Gasteiger charge is 2.05. The molecule has 0 atom stereocenters. The molecule has 42 valence electrons. The number of rotatable bonds is 1. The fraction of sp³-hybridized carbons (Fsp3) is 1.00. The van der Waals surface area contributed by atoms with E-state index in [-0.39, 0.29) is 5.54 Å². The summed E-state index contributed by atoms with van der Waals surface area (Å²) in [4.78, 5) is 9.46. The van der Waals surface area contributed by atoms with Crippen molar-refractivity contribution in [1.82, 2.24) is 5.43 Å². The van der Waals surface area contributed by atoms with Crippen molar-refractivity contribution < 1.29 is 0 Å². The fourth-order valence-electron chi connectivity index (χ4n) is 0.137. The van der Waals surface area contributed by atoms with Gasteiger partial charge in [0.15, 0.2) is 0 Å². The van der Waals surface area contributed by atoms with E-state index in [1.165, 1.54) is 0 Å². The average molecular weight is 102 g/mol. The zero-order chi connectivity index (χ0) is 5.91. The molecular weight excluding hydrogens is 92.1 g/mol. The van der Waals surface area contributed by atoms with Crippen molar-refractivity contribution in [3.8, 4) is 0 Å². The van der Waals surface area contributed by atoms with E-state index in [2.05, 4.69) is 10.7 Å². The van der Waals surface area contributed by atoms with Crippen LogP contribution in [-0.2, 0) is 0 Å². The minimum Gasteiger partial charge on any atom is -0.269 e. The van der Waals surface area contributed by atoms with Gasteiger partial charge in [-0.15, -0.1) is 4.91 Å². The van der Waals surface area contributed by atoms with Crippen molar-refractivity contribution >= 4 is 0 Å². The minimum atomic E-state index is -0.179. The molecule has 0 aliphatic carbocycles. The number of hydrogen-bond donors (Lipinski definition) is 1. The SMILES string of the molecule is CC(C)(C)NN=O.